The van der Waals surface area contributed by atoms with E-state index in [1.165, 1.54) is 6.92 Å². The van der Waals surface area contributed by atoms with Crippen LogP contribution in [0.4, 0.5) is 0 Å². The number of ether oxygens (including phenoxy) is 1. The maximum atomic E-state index is 11.7. The third-order valence-corrected chi connectivity index (χ3v) is 2.65. The summed E-state index contributed by atoms with van der Waals surface area (Å²) >= 11 is 0. The monoisotopic (exact) mass is 255 g/mol. The molecule has 0 aliphatic rings. The Kier molecular flexibility index (Phi) is 3.62. The average Bonchev–Trinajstić information content (AvgIpc) is 2.85. The van der Waals surface area contributed by atoms with Crippen molar-refractivity contribution in [3.63, 3.8) is 0 Å². The maximum absolute atomic E-state index is 11.7. The molecule has 1 heterocycles. The standard InChI is InChI=1S/C14H13N3O2/c1-10-7-8-16-17(10)13-5-3-12(4-6-13)14(18)19-11(2)9-15/h3-8,11H,1-2H3/t11-/m1/s1. The first-order chi connectivity index (χ1) is 9.11. The number of nitrogens with zero attached hydrogens (tertiary/aromatic N) is 3. The summed E-state index contributed by atoms with van der Waals surface area (Å²) in [5, 5.41) is 12.8. The molecule has 5 nitrogen and oxygen atoms in total. The Morgan fingerprint density at radius 2 is 2.05 bits per heavy atom. The van der Waals surface area contributed by atoms with E-state index in [0.717, 1.165) is 11.4 Å². The highest BCUT2D eigenvalue weighted by Gasteiger charge is 2.11. The number of rotatable bonds is 3. The van der Waals surface area contributed by atoms with Crippen molar-refractivity contribution in [1.29, 1.82) is 5.26 Å². The molecule has 0 N–H and O–H groups in total. The van der Waals surface area contributed by atoms with Gasteiger partial charge in [0.25, 0.3) is 0 Å². The van der Waals surface area contributed by atoms with Crippen molar-refractivity contribution in [3.05, 3.63) is 47.8 Å². The van der Waals surface area contributed by atoms with Gasteiger partial charge in [-0.25, -0.2) is 9.48 Å². The van der Waals surface area contributed by atoms with Gasteiger partial charge in [-0.2, -0.15) is 10.4 Å². The third-order valence-electron chi connectivity index (χ3n) is 2.65. The number of hydrogen-bond acceptors (Lipinski definition) is 4. The van der Waals surface area contributed by atoms with Crippen molar-refractivity contribution in [2.24, 2.45) is 0 Å². The van der Waals surface area contributed by atoms with Crippen LogP contribution >= 0.6 is 0 Å². The molecule has 96 valence electrons. The minimum Gasteiger partial charge on any atom is -0.444 e. The molecule has 0 aliphatic carbocycles. The number of aromatic nitrogens is 2. The van der Waals surface area contributed by atoms with Crippen LogP contribution in [-0.2, 0) is 4.74 Å². The SMILES string of the molecule is Cc1ccnn1-c1ccc(C(=O)O[C@H](C)C#N)cc1. The number of nitriles is 1. The molecule has 0 bridgehead atoms. The number of esters is 1. The number of carbonyl (C=O) groups is 1. The van der Waals surface area contributed by atoms with Crippen LogP contribution in [0.3, 0.4) is 0 Å². The molecule has 19 heavy (non-hydrogen) atoms. The fourth-order valence-electron chi connectivity index (χ4n) is 1.63. The van der Waals surface area contributed by atoms with Gasteiger partial charge in [0, 0.05) is 11.9 Å². The molecule has 0 saturated heterocycles. The van der Waals surface area contributed by atoms with Gasteiger partial charge in [0.15, 0.2) is 6.10 Å². The molecular formula is C14H13N3O2. The summed E-state index contributed by atoms with van der Waals surface area (Å²) in [4.78, 5) is 11.7. The van der Waals surface area contributed by atoms with E-state index in [4.69, 9.17) is 10.00 Å². The Balaban J connectivity index is 2.18. The molecule has 0 spiro atoms. The Hall–Kier alpha value is -2.61. The summed E-state index contributed by atoms with van der Waals surface area (Å²) in [6, 6.07) is 10.6. The first-order valence-electron chi connectivity index (χ1n) is 5.83. The lowest BCUT2D eigenvalue weighted by Gasteiger charge is -2.07. The van der Waals surface area contributed by atoms with Crippen molar-refractivity contribution in [2.75, 3.05) is 0 Å². The van der Waals surface area contributed by atoms with Crippen LogP contribution in [0.25, 0.3) is 5.69 Å². The normalized spacial score (nSPS) is 11.6. The molecule has 1 atom stereocenters. The highest BCUT2D eigenvalue weighted by atomic mass is 16.5. The predicted molar refractivity (Wildman–Crippen MR) is 68.8 cm³/mol. The van der Waals surface area contributed by atoms with Crippen LogP contribution in [-0.4, -0.2) is 21.9 Å². The highest BCUT2D eigenvalue weighted by Crippen LogP contribution is 2.12. The number of carbonyl (C=O) groups excluding carboxylic acids is 1. The van der Waals surface area contributed by atoms with Crippen molar-refractivity contribution < 1.29 is 9.53 Å². The van der Waals surface area contributed by atoms with Gasteiger partial charge < -0.3 is 4.74 Å². The highest BCUT2D eigenvalue weighted by molar-refractivity contribution is 5.89. The summed E-state index contributed by atoms with van der Waals surface area (Å²) in [7, 11) is 0. The summed E-state index contributed by atoms with van der Waals surface area (Å²) in [5.41, 5.74) is 2.29. The maximum Gasteiger partial charge on any atom is 0.339 e. The second kappa shape index (κ2) is 5.36. The third kappa shape index (κ3) is 2.80. The molecule has 0 fully saturated rings. The van der Waals surface area contributed by atoms with Gasteiger partial charge in [0.1, 0.15) is 6.07 Å². The van der Waals surface area contributed by atoms with Gasteiger partial charge in [-0.1, -0.05) is 0 Å². The minimum absolute atomic E-state index is 0.413. The van der Waals surface area contributed by atoms with Gasteiger partial charge in [0.05, 0.1) is 11.3 Å². The Morgan fingerprint density at radius 3 is 2.58 bits per heavy atom. The lowest BCUT2D eigenvalue weighted by molar-refractivity contribution is 0.0435. The van der Waals surface area contributed by atoms with Crippen molar-refractivity contribution >= 4 is 5.97 Å². The second-order valence-corrected chi connectivity index (χ2v) is 4.11. The van der Waals surface area contributed by atoms with E-state index in [-0.39, 0.29) is 0 Å². The Bertz CT molecular complexity index is 623. The van der Waals surface area contributed by atoms with E-state index in [9.17, 15) is 4.79 Å². The lowest BCUT2D eigenvalue weighted by Crippen LogP contribution is -2.13. The van der Waals surface area contributed by atoms with E-state index in [1.807, 2.05) is 19.1 Å². The smallest absolute Gasteiger partial charge is 0.339 e. The fourth-order valence-corrected chi connectivity index (χ4v) is 1.63. The number of hydrogen-bond donors (Lipinski definition) is 0. The lowest BCUT2D eigenvalue weighted by atomic mass is 10.2. The summed E-state index contributed by atoms with van der Waals surface area (Å²) in [6.07, 6.45) is 0.965. The predicted octanol–water partition coefficient (Wildman–Crippen LogP) is 2.25. The zero-order valence-corrected chi connectivity index (χ0v) is 10.7. The molecule has 1 aromatic carbocycles. The first-order valence-corrected chi connectivity index (χ1v) is 5.83. The van der Waals surface area contributed by atoms with E-state index in [1.54, 1.807) is 35.1 Å². The molecule has 2 rings (SSSR count). The summed E-state index contributed by atoms with van der Waals surface area (Å²) in [5.74, 6) is -0.502. The van der Waals surface area contributed by atoms with Gasteiger partial charge in [-0.15, -0.1) is 0 Å². The van der Waals surface area contributed by atoms with Gasteiger partial charge >= 0.3 is 5.97 Å². The van der Waals surface area contributed by atoms with Crippen LogP contribution in [0.1, 0.15) is 23.0 Å². The Labute approximate surface area is 111 Å². The summed E-state index contributed by atoms with van der Waals surface area (Å²) in [6.45, 7) is 3.48. The average molecular weight is 255 g/mol. The molecular weight excluding hydrogens is 242 g/mol. The Morgan fingerprint density at radius 1 is 1.37 bits per heavy atom. The molecule has 0 unspecified atom stereocenters. The quantitative estimate of drug-likeness (QED) is 0.789. The fraction of sp³-hybridized carbons (Fsp3) is 0.214. The van der Waals surface area contributed by atoms with E-state index in [0.29, 0.717) is 5.56 Å². The van der Waals surface area contributed by atoms with Crippen LogP contribution < -0.4 is 0 Å². The van der Waals surface area contributed by atoms with Crippen molar-refractivity contribution in [1.82, 2.24) is 9.78 Å². The van der Waals surface area contributed by atoms with Crippen molar-refractivity contribution in [2.45, 2.75) is 20.0 Å². The van der Waals surface area contributed by atoms with Gasteiger partial charge in [0.2, 0.25) is 0 Å². The van der Waals surface area contributed by atoms with Gasteiger partial charge in [-0.3, -0.25) is 0 Å². The largest absolute Gasteiger partial charge is 0.444 e. The van der Waals surface area contributed by atoms with Crippen LogP contribution in [0.2, 0.25) is 0 Å². The second-order valence-electron chi connectivity index (χ2n) is 4.11. The molecule has 2 aromatic rings. The molecule has 0 saturated carbocycles. The van der Waals surface area contributed by atoms with Crippen LogP contribution in [0.15, 0.2) is 36.5 Å². The van der Waals surface area contributed by atoms with E-state index >= 15 is 0 Å². The first kappa shape index (κ1) is 12.8. The zero-order chi connectivity index (χ0) is 13.8. The van der Waals surface area contributed by atoms with Crippen molar-refractivity contribution in [3.8, 4) is 11.8 Å². The molecule has 0 radical (unpaired) electrons. The van der Waals surface area contributed by atoms with Crippen LogP contribution in [0.5, 0.6) is 0 Å². The van der Waals surface area contributed by atoms with E-state index in [2.05, 4.69) is 5.10 Å². The number of aryl methyl sites for hydroxylation is 1. The molecule has 0 aliphatic heterocycles. The molecule has 1 aromatic heterocycles. The number of benzene rings is 1. The molecule has 0 amide bonds. The minimum atomic E-state index is -0.750. The van der Waals surface area contributed by atoms with Gasteiger partial charge in [-0.05, 0) is 44.2 Å². The molecule has 5 heteroatoms. The zero-order valence-electron chi connectivity index (χ0n) is 10.7. The van der Waals surface area contributed by atoms with Crippen LogP contribution in [0, 0.1) is 18.3 Å². The topological polar surface area (TPSA) is 67.9 Å². The summed E-state index contributed by atoms with van der Waals surface area (Å²) < 4.78 is 6.69. The van der Waals surface area contributed by atoms with E-state index < -0.39 is 12.1 Å².